The van der Waals surface area contributed by atoms with E-state index in [1.807, 2.05) is 13.0 Å². The molecule has 1 aromatic heterocycles. The Bertz CT molecular complexity index is 1080. The largest absolute Gasteiger partial charge is 0.495 e. The molecule has 8 heteroatoms. The van der Waals surface area contributed by atoms with Crippen LogP contribution in [0.5, 0.6) is 11.5 Å². The zero-order chi connectivity index (χ0) is 20.3. The first-order valence-electron chi connectivity index (χ1n) is 8.68. The van der Waals surface area contributed by atoms with Gasteiger partial charge in [-0.15, -0.1) is 0 Å². The fourth-order valence-electron chi connectivity index (χ4n) is 2.99. The van der Waals surface area contributed by atoms with Crippen LogP contribution in [0.25, 0.3) is 10.9 Å². The molecule has 1 N–H and O–H groups in total. The Morgan fingerprint density at radius 3 is 2.61 bits per heavy atom. The Hall–Kier alpha value is -3.06. The van der Waals surface area contributed by atoms with Crippen molar-refractivity contribution in [1.82, 2.24) is 9.55 Å². The molecule has 28 heavy (non-hydrogen) atoms. The second-order valence-corrected chi connectivity index (χ2v) is 6.48. The maximum atomic E-state index is 12.9. The van der Waals surface area contributed by atoms with Crippen molar-refractivity contribution in [1.29, 1.82) is 0 Å². The van der Waals surface area contributed by atoms with Crippen LogP contribution in [0.4, 0.5) is 5.69 Å². The van der Waals surface area contributed by atoms with E-state index in [-0.39, 0.29) is 11.5 Å². The number of carbonyl (C=O) groups excluding carboxylic acids is 1. The summed E-state index contributed by atoms with van der Waals surface area (Å²) in [6.07, 6.45) is 1.80. The molecule has 1 amide bonds. The number of ether oxygens (including phenoxy) is 2. The number of hydrogen-bond acceptors (Lipinski definition) is 5. The van der Waals surface area contributed by atoms with E-state index in [9.17, 15) is 9.59 Å². The highest BCUT2D eigenvalue weighted by Gasteiger charge is 2.22. The quantitative estimate of drug-likeness (QED) is 0.681. The molecule has 0 bridgehead atoms. The van der Waals surface area contributed by atoms with Gasteiger partial charge in [0.2, 0.25) is 5.91 Å². The van der Waals surface area contributed by atoms with Gasteiger partial charge in [0, 0.05) is 6.07 Å². The summed E-state index contributed by atoms with van der Waals surface area (Å²) in [5, 5.41) is 3.58. The van der Waals surface area contributed by atoms with Crippen LogP contribution in [0.15, 0.2) is 47.5 Å². The summed E-state index contributed by atoms with van der Waals surface area (Å²) in [6.45, 7) is 1.82. The highest BCUT2D eigenvalue weighted by atomic mass is 35.5. The van der Waals surface area contributed by atoms with Crippen molar-refractivity contribution in [2.45, 2.75) is 19.4 Å². The van der Waals surface area contributed by atoms with Crippen LogP contribution >= 0.6 is 11.6 Å². The highest BCUT2D eigenvalue weighted by Crippen LogP contribution is 2.36. The number of aromatic nitrogens is 2. The lowest BCUT2D eigenvalue weighted by Gasteiger charge is -2.19. The third-order valence-corrected chi connectivity index (χ3v) is 4.74. The van der Waals surface area contributed by atoms with Crippen LogP contribution in [-0.4, -0.2) is 29.7 Å². The Morgan fingerprint density at radius 2 is 1.93 bits per heavy atom. The molecule has 0 aliphatic rings. The summed E-state index contributed by atoms with van der Waals surface area (Å²) in [6, 6.07) is 9.41. The average molecular weight is 402 g/mol. The maximum Gasteiger partial charge on any atom is 0.261 e. The van der Waals surface area contributed by atoms with E-state index in [2.05, 4.69) is 10.3 Å². The summed E-state index contributed by atoms with van der Waals surface area (Å²) < 4.78 is 11.8. The van der Waals surface area contributed by atoms with Gasteiger partial charge >= 0.3 is 0 Å². The van der Waals surface area contributed by atoms with Crippen LogP contribution in [-0.2, 0) is 4.79 Å². The van der Waals surface area contributed by atoms with Gasteiger partial charge in [-0.25, -0.2) is 4.98 Å². The van der Waals surface area contributed by atoms with E-state index < -0.39 is 6.04 Å². The molecule has 3 rings (SSSR count). The second-order valence-electron chi connectivity index (χ2n) is 6.07. The normalized spacial score (nSPS) is 11.9. The Morgan fingerprint density at radius 1 is 1.21 bits per heavy atom. The number of benzene rings is 2. The molecule has 7 nitrogen and oxygen atoms in total. The van der Waals surface area contributed by atoms with Crippen molar-refractivity contribution >= 4 is 34.1 Å². The summed E-state index contributed by atoms with van der Waals surface area (Å²) in [5.74, 6) is 0.452. The number of hydrogen-bond donors (Lipinski definition) is 1. The zero-order valence-corrected chi connectivity index (χ0v) is 16.5. The second kappa shape index (κ2) is 8.31. The smallest absolute Gasteiger partial charge is 0.261 e. The number of anilines is 1. The van der Waals surface area contributed by atoms with Gasteiger partial charge in [0.15, 0.2) is 0 Å². The van der Waals surface area contributed by atoms with Crippen molar-refractivity contribution in [2.75, 3.05) is 19.5 Å². The number of rotatable bonds is 6. The molecule has 0 saturated heterocycles. The Balaban J connectivity index is 1.96. The van der Waals surface area contributed by atoms with Gasteiger partial charge in [-0.2, -0.15) is 0 Å². The SMILES string of the molecule is CC[C@@H](C(=O)Nc1cc(Cl)c(OC)cc1OC)n1cnc2ccccc2c1=O. The fourth-order valence-corrected chi connectivity index (χ4v) is 3.23. The molecule has 0 spiro atoms. The van der Waals surface area contributed by atoms with E-state index in [1.54, 1.807) is 30.3 Å². The number of carbonyl (C=O) groups is 1. The van der Waals surface area contributed by atoms with Crippen LogP contribution in [0.2, 0.25) is 5.02 Å². The summed E-state index contributed by atoms with van der Waals surface area (Å²) >= 11 is 6.17. The van der Waals surface area contributed by atoms with E-state index in [4.69, 9.17) is 21.1 Å². The fraction of sp³-hybridized carbons (Fsp3) is 0.250. The van der Waals surface area contributed by atoms with Gasteiger partial charge in [0.05, 0.1) is 42.2 Å². The monoisotopic (exact) mass is 401 g/mol. The molecule has 0 unspecified atom stereocenters. The molecule has 0 radical (unpaired) electrons. The molecule has 146 valence electrons. The number of para-hydroxylation sites is 1. The lowest BCUT2D eigenvalue weighted by molar-refractivity contribution is -0.119. The molecule has 0 aliphatic carbocycles. The maximum absolute atomic E-state index is 12.9. The van der Waals surface area contributed by atoms with Crippen molar-refractivity contribution in [3.63, 3.8) is 0 Å². The molecule has 2 aromatic carbocycles. The molecule has 0 saturated carbocycles. The van der Waals surface area contributed by atoms with Gasteiger partial charge in [-0.3, -0.25) is 14.2 Å². The molecule has 0 aliphatic heterocycles. The third kappa shape index (κ3) is 3.66. The van der Waals surface area contributed by atoms with Crippen LogP contribution in [0.1, 0.15) is 19.4 Å². The lowest BCUT2D eigenvalue weighted by atomic mass is 10.1. The number of methoxy groups -OCH3 is 2. The predicted octanol–water partition coefficient (Wildman–Crippen LogP) is 3.66. The minimum absolute atomic E-state index is 0.271. The number of halogens is 1. The summed E-state index contributed by atoms with van der Waals surface area (Å²) in [7, 11) is 2.97. The van der Waals surface area contributed by atoms with Gasteiger partial charge < -0.3 is 14.8 Å². The number of nitrogens with one attached hydrogen (secondary N) is 1. The van der Waals surface area contributed by atoms with E-state index in [0.717, 1.165) is 0 Å². The first kappa shape index (κ1) is 19.7. The Labute approximate surface area is 166 Å². The van der Waals surface area contributed by atoms with Crippen molar-refractivity contribution < 1.29 is 14.3 Å². The van der Waals surface area contributed by atoms with Gasteiger partial charge in [0.1, 0.15) is 17.5 Å². The lowest BCUT2D eigenvalue weighted by Crippen LogP contribution is -2.33. The number of nitrogens with zero attached hydrogens (tertiary/aromatic N) is 2. The number of amides is 1. The first-order chi connectivity index (χ1) is 13.5. The highest BCUT2D eigenvalue weighted by molar-refractivity contribution is 6.32. The average Bonchev–Trinajstić information content (AvgIpc) is 2.70. The standard InChI is InChI=1S/C20H20ClN3O4/c1-4-16(24-11-22-14-8-6-5-7-12(14)20(24)26)19(25)23-15-9-13(21)17(27-2)10-18(15)28-3/h5-11,16H,4H2,1-3H3,(H,23,25)/t16-/m0/s1. The molecule has 0 fully saturated rings. The predicted molar refractivity (Wildman–Crippen MR) is 109 cm³/mol. The molecule has 3 aromatic rings. The molecular weight excluding hydrogens is 382 g/mol. The van der Waals surface area contributed by atoms with Gasteiger partial charge in [0.25, 0.3) is 5.56 Å². The van der Waals surface area contributed by atoms with E-state index in [0.29, 0.717) is 39.5 Å². The molecule has 1 atom stereocenters. The van der Waals surface area contributed by atoms with Gasteiger partial charge in [-0.1, -0.05) is 30.7 Å². The first-order valence-corrected chi connectivity index (χ1v) is 9.06. The van der Waals surface area contributed by atoms with E-state index in [1.165, 1.54) is 25.1 Å². The van der Waals surface area contributed by atoms with Crippen molar-refractivity contribution in [3.05, 3.63) is 58.1 Å². The topological polar surface area (TPSA) is 82.4 Å². The van der Waals surface area contributed by atoms with Crippen molar-refractivity contribution in [3.8, 4) is 11.5 Å². The summed E-state index contributed by atoms with van der Waals surface area (Å²) in [4.78, 5) is 30.1. The molecule has 1 heterocycles. The molecular formula is C20H20ClN3O4. The van der Waals surface area contributed by atoms with Crippen LogP contribution < -0.4 is 20.3 Å². The number of fused-ring (bicyclic) bond motifs is 1. The van der Waals surface area contributed by atoms with Crippen LogP contribution in [0.3, 0.4) is 0 Å². The minimum Gasteiger partial charge on any atom is -0.495 e. The Kier molecular flexibility index (Phi) is 5.84. The van der Waals surface area contributed by atoms with E-state index >= 15 is 0 Å². The van der Waals surface area contributed by atoms with Gasteiger partial charge in [-0.05, 0) is 24.6 Å². The third-order valence-electron chi connectivity index (χ3n) is 4.45. The summed E-state index contributed by atoms with van der Waals surface area (Å²) in [5.41, 5.74) is 0.702. The zero-order valence-electron chi connectivity index (χ0n) is 15.7. The van der Waals surface area contributed by atoms with Crippen molar-refractivity contribution in [2.24, 2.45) is 0 Å². The van der Waals surface area contributed by atoms with Crippen LogP contribution in [0, 0.1) is 0 Å². The minimum atomic E-state index is -0.741.